The maximum atomic E-state index is 13.5. The molecule has 5 heteroatoms. The van der Waals surface area contributed by atoms with E-state index in [1.807, 2.05) is 5.38 Å². The lowest BCUT2D eigenvalue weighted by atomic mass is 10.1. The molecule has 1 heterocycles. The monoisotopic (exact) mass is 392 g/mol. The number of halogens is 3. The summed E-state index contributed by atoms with van der Waals surface area (Å²) < 4.78 is 19.2. The van der Waals surface area contributed by atoms with Crippen molar-refractivity contribution < 1.29 is 9.13 Å². The minimum atomic E-state index is -0.321. The van der Waals surface area contributed by atoms with Gasteiger partial charge in [0.1, 0.15) is 11.6 Å². The van der Waals surface area contributed by atoms with E-state index in [0.29, 0.717) is 10.2 Å². The van der Waals surface area contributed by atoms with Gasteiger partial charge in [0.15, 0.2) is 0 Å². The highest BCUT2D eigenvalue weighted by Crippen LogP contribution is 2.42. The van der Waals surface area contributed by atoms with E-state index in [-0.39, 0.29) is 10.6 Å². The molecule has 0 saturated heterocycles. The zero-order valence-corrected chi connectivity index (χ0v) is 13.8. The summed E-state index contributed by atoms with van der Waals surface area (Å²) in [6.45, 7) is 2.06. The molecule has 2 rings (SSSR count). The fraction of sp³-hybridized carbons (Fsp3) is 0.231. The maximum absolute atomic E-state index is 13.5. The van der Waals surface area contributed by atoms with Crippen LogP contribution in [0.15, 0.2) is 28.1 Å². The fourth-order valence-electron chi connectivity index (χ4n) is 1.70. The second kappa shape index (κ2) is 5.72. The minimum Gasteiger partial charge on any atom is -0.496 e. The zero-order valence-electron chi connectivity index (χ0n) is 9.84. The van der Waals surface area contributed by atoms with Gasteiger partial charge in [-0.3, -0.25) is 0 Å². The molecule has 0 amide bonds. The highest BCUT2D eigenvalue weighted by atomic mass is 79.9. The van der Waals surface area contributed by atoms with E-state index in [4.69, 9.17) is 4.74 Å². The Morgan fingerprint density at radius 1 is 1.39 bits per heavy atom. The summed E-state index contributed by atoms with van der Waals surface area (Å²) in [5, 5.41) is 2.05. The van der Waals surface area contributed by atoms with Crippen molar-refractivity contribution in [1.82, 2.24) is 0 Å². The Bertz CT molecular complexity index is 568. The first-order valence-electron chi connectivity index (χ1n) is 5.25. The summed E-state index contributed by atoms with van der Waals surface area (Å²) in [5.74, 6) is 0.226. The largest absolute Gasteiger partial charge is 0.496 e. The van der Waals surface area contributed by atoms with Crippen molar-refractivity contribution in [2.75, 3.05) is 7.11 Å². The predicted octanol–water partition coefficient (Wildman–Crippen LogP) is 5.45. The zero-order chi connectivity index (χ0) is 13.3. The number of benzene rings is 1. The molecule has 1 aromatic carbocycles. The summed E-state index contributed by atoms with van der Waals surface area (Å²) in [5.41, 5.74) is 2.13. The van der Waals surface area contributed by atoms with Crippen LogP contribution >= 0.6 is 43.2 Å². The van der Waals surface area contributed by atoms with Gasteiger partial charge in [0.05, 0.1) is 16.4 Å². The molecule has 0 saturated carbocycles. The Morgan fingerprint density at radius 3 is 2.67 bits per heavy atom. The average molecular weight is 394 g/mol. The molecule has 18 heavy (non-hydrogen) atoms. The summed E-state index contributed by atoms with van der Waals surface area (Å²) >= 11 is 8.54. The van der Waals surface area contributed by atoms with E-state index in [1.54, 1.807) is 24.5 Å². The van der Waals surface area contributed by atoms with Crippen LogP contribution in [0.2, 0.25) is 0 Å². The topological polar surface area (TPSA) is 9.23 Å². The molecular weight excluding hydrogens is 383 g/mol. The lowest BCUT2D eigenvalue weighted by Gasteiger charge is -2.15. The highest BCUT2D eigenvalue weighted by molar-refractivity contribution is 9.10. The van der Waals surface area contributed by atoms with Crippen molar-refractivity contribution in [3.05, 3.63) is 49.9 Å². The van der Waals surface area contributed by atoms with Gasteiger partial charge in [0.25, 0.3) is 0 Å². The Morgan fingerprint density at radius 2 is 2.11 bits per heavy atom. The van der Waals surface area contributed by atoms with E-state index in [9.17, 15) is 4.39 Å². The SMILES string of the molecule is COc1cc(F)c(Br)cc1C(Br)c1sccc1C. The molecule has 0 bridgehead atoms. The quantitative estimate of drug-likeness (QED) is 0.630. The van der Waals surface area contributed by atoms with E-state index < -0.39 is 0 Å². The molecule has 1 aromatic heterocycles. The molecule has 0 fully saturated rings. The normalized spacial score (nSPS) is 12.5. The average Bonchev–Trinajstić information content (AvgIpc) is 2.77. The number of hydrogen-bond acceptors (Lipinski definition) is 2. The molecule has 1 unspecified atom stereocenters. The molecular formula is C13H11Br2FOS. The second-order valence-corrected chi connectivity index (χ2v) is 6.56. The van der Waals surface area contributed by atoms with Gasteiger partial charge in [-0.25, -0.2) is 4.39 Å². The van der Waals surface area contributed by atoms with Gasteiger partial charge in [-0.05, 0) is 45.9 Å². The lowest BCUT2D eigenvalue weighted by molar-refractivity contribution is 0.406. The second-order valence-electron chi connectivity index (χ2n) is 3.84. The van der Waals surface area contributed by atoms with E-state index in [2.05, 4.69) is 44.8 Å². The summed E-state index contributed by atoms with van der Waals surface area (Å²) in [6, 6.07) is 5.22. The smallest absolute Gasteiger partial charge is 0.141 e. The molecule has 0 spiro atoms. The third kappa shape index (κ3) is 2.63. The first-order valence-corrected chi connectivity index (χ1v) is 7.84. The van der Waals surface area contributed by atoms with Gasteiger partial charge in [-0.2, -0.15) is 0 Å². The standard InChI is InChI=1S/C13H11Br2FOS/c1-7-3-4-18-13(7)12(15)8-5-9(14)10(16)6-11(8)17-2/h3-6,12H,1-2H3. The predicted molar refractivity (Wildman–Crippen MR) is 80.5 cm³/mol. The van der Waals surface area contributed by atoms with Crippen molar-refractivity contribution in [2.45, 2.75) is 11.8 Å². The van der Waals surface area contributed by atoms with Crippen molar-refractivity contribution in [3.8, 4) is 5.75 Å². The molecule has 1 nitrogen and oxygen atoms in total. The number of ether oxygens (including phenoxy) is 1. The number of aryl methyl sites for hydroxylation is 1. The summed E-state index contributed by atoms with van der Waals surface area (Å²) in [6.07, 6.45) is 0. The van der Waals surface area contributed by atoms with Gasteiger partial charge >= 0.3 is 0 Å². The number of alkyl halides is 1. The van der Waals surface area contributed by atoms with E-state index in [0.717, 1.165) is 5.56 Å². The first-order chi connectivity index (χ1) is 8.54. The molecule has 0 aliphatic carbocycles. The lowest BCUT2D eigenvalue weighted by Crippen LogP contribution is -1.98. The maximum Gasteiger partial charge on any atom is 0.141 e. The van der Waals surface area contributed by atoms with Crippen LogP contribution in [-0.2, 0) is 0 Å². The van der Waals surface area contributed by atoms with Crippen LogP contribution in [0.4, 0.5) is 4.39 Å². The van der Waals surface area contributed by atoms with Crippen LogP contribution in [0, 0.1) is 12.7 Å². The fourth-order valence-corrected chi connectivity index (χ4v) is 4.03. The molecule has 0 N–H and O–H groups in total. The van der Waals surface area contributed by atoms with E-state index in [1.165, 1.54) is 16.5 Å². The number of rotatable bonds is 3. The van der Waals surface area contributed by atoms with Gasteiger partial charge in [0.2, 0.25) is 0 Å². The number of thiophene rings is 1. The number of methoxy groups -OCH3 is 1. The van der Waals surface area contributed by atoms with Gasteiger partial charge < -0.3 is 4.74 Å². The van der Waals surface area contributed by atoms with E-state index >= 15 is 0 Å². The minimum absolute atomic E-state index is 0.00403. The number of hydrogen-bond donors (Lipinski definition) is 0. The molecule has 0 aliphatic rings. The Kier molecular flexibility index (Phi) is 4.45. The van der Waals surface area contributed by atoms with Crippen molar-refractivity contribution in [2.24, 2.45) is 0 Å². The Balaban J connectivity index is 2.50. The Hall–Kier alpha value is -0.390. The third-order valence-electron chi connectivity index (χ3n) is 2.68. The van der Waals surface area contributed by atoms with Crippen molar-refractivity contribution >= 4 is 43.2 Å². The van der Waals surface area contributed by atoms with Crippen LogP contribution in [0.5, 0.6) is 5.75 Å². The molecule has 0 aliphatic heterocycles. The summed E-state index contributed by atoms with van der Waals surface area (Å²) in [4.78, 5) is 1.20. The Labute approximate surface area is 126 Å². The summed E-state index contributed by atoms with van der Waals surface area (Å²) in [7, 11) is 1.55. The van der Waals surface area contributed by atoms with Gasteiger partial charge in [0, 0.05) is 16.5 Å². The van der Waals surface area contributed by atoms with Crippen LogP contribution < -0.4 is 4.74 Å². The highest BCUT2D eigenvalue weighted by Gasteiger charge is 2.20. The van der Waals surface area contributed by atoms with Gasteiger partial charge in [-0.1, -0.05) is 15.9 Å². The van der Waals surface area contributed by atoms with Crippen molar-refractivity contribution in [3.63, 3.8) is 0 Å². The third-order valence-corrected chi connectivity index (χ3v) is 5.62. The molecule has 96 valence electrons. The molecule has 0 radical (unpaired) electrons. The van der Waals surface area contributed by atoms with Crippen LogP contribution in [0.1, 0.15) is 20.8 Å². The van der Waals surface area contributed by atoms with Gasteiger partial charge in [-0.15, -0.1) is 11.3 Å². The first kappa shape index (κ1) is 14.0. The molecule has 2 aromatic rings. The van der Waals surface area contributed by atoms with Crippen LogP contribution in [0.25, 0.3) is 0 Å². The van der Waals surface area contributed by atoms with Crippen LogP contribution in [0.3, 0.4) is 0 Å². The molecule has 1 atom stereocenters. The van der Waals surface area contributed by atoms with Crippen LogP contribution in [-0.4, -0.2) is 7.11 Å². The van der Waals surface area contributed by atoms with Crippen molar-refractivity contribution in [1.29, 1.82) is 0 Å².